The largest absolute Gasteiger partial charge is 0.379 e. The fourth-order valence-corrected chi connectivity index (χ4v) is 0.481. The molecule has 0 aromatic heterocycles. The zero-order valence-corrected chi connectivity index (χ0v) is 4.93. The van der Waals surface area contributed by atoms with Crippen molar-refractivity contribution < 1.29 is 9.47 Å². The lowest BCUT2D eigenvalue weighted by Crippen LogP contribution is -2.01. The van der Waals surface area contributed by atoms with Crippen LogP contribution >= 0.6 is 0 Å². The van der Waals surface area contributed by atoms with Crippen molar-refractivity contribution in [1.29, 1.82) is 0 Å². The van der Waals surface area contributed by atoms with Gasteiger partial charge in [-0.2, -0.15) is 0 Å². The van der Waals surface area contributed by atoms with Gasteiger partial charge in [-0.15, -0.1) is 0 Å². The number of epoxide rings is 1. The first-order chi connectivity index (χ1) is 3.93. The fourth-order valence-electron chi connectivity index (χ4n) is 0.481. The normalized spacial score (nSPS) is 23.0. The summed E-state index contributed by atoms with van der Waals surface area (Å²) in [5.41, 5.74) is 0. The average molecular weight is 147 g/mol. The second-order valence-electron chi connectivity index (χ2n) is 1.88. The molecule has 1 aliphatic heterocycles. The van der Waals surface area contributed by atoms with Crippen molar-refractivity contribution in [2.75, 3.05) is 19.8 Å². The molecule has 2 nitrogen and oxygen atoms in total. The van der Waals surface area contributed by atoms with Crippen molar-refractivity contribution in [3.8, 4) is 0 Å². The highest BCUT2D eigenvalue weighted by atomic mass is 28.1. The van der Waals surface area contributed by atoms with E-state index in [1.165, 1.54) is 0 Å². The highest BCUT2D eigenvalue weighted by Crippen LogP contribution is 2.08. The summed E-state index contributed by atoms with van der Waals surface area (Å²) in [5.74, 6) is 0. The van der Waals surface area contributed by atoms with Crippen LogP contribution in [-0.2, 0) is 9.47 Å². The van der Waals surface area contributed by atoms with Crippen LogP contribution in [0.1, 0.15) is 6.42 Å². The van der Waals surface area contributed by atoms with Crippen molar-refractivity contribution in [3.63, 3.8) is 0 Å². The number of rotatable bonds is 4. The summed E-state index contributed by atoms with van der Waals surface area (Å²) in [4.78, 5) is 0. The van der Waals surface area contributed by atoms with Gasteiger partial charge in [-0.3, -0.25) is 0 Å². The maximum Gasteiger partial charge on any atom is 0.104 e. The van der Waals surface area contributed by atoms with Gasteiger partial charge in [0.2, 0.25) is 0 Å². The van der Waals surface area contributed by atoms with Gasteiger partial charge in [0, 0.05) is 6.61 Å². The van der Waals surface area contributed by atoms with E-state index < -0.39 is 0 Å². The Hall–Kier alpha value is 0.137. The van der Waals surface area contributed by atoms with Gasteiger partial charge in [0.25, 0.3) is 0 Å². The molecule has 55 valence electrons. The zero-order valence-electron chi connectivity index (χ0n) is 4.93. The molecule has 1 rings (SSSR count). The van der Waals surface area contributed by atoms with Crippen LogP contribution in [0.15, 0.2) is 0 Å². The van der Waals surface area contributed by atoms with Crippen LogP contribution in [0.5, 0.6) is 0 Å². The Morgan fingerprint density at radius 1 is 1.67 bits per heavy atom. The second kappa shape index (κ2) is 4.96. The van der Waals surface area contributed by atoms with Crippen LogP contribution in [0.3, 0.4) is 0 Å². The van der Waals surface area contributed by atoms with Gasteiger partial charge in [-0.05, 0) is 17.4 Å². The fraction of sp³-hybridized carbons (Fsp3) is 0.833. The van der Waals surface area contributed by atoms with Crippen LogP contribution in [0.4, 0.5) is 0 Å². The summed E-state index contributed by atoms with van der Waals surface area (Å²) in [6, 6.07) is 0. The first-order valence-electron chi connectivity index (χ1n) is 2.92. The molecule has 0 bridgehead atoms. The third-order valence-electron chi connectivity index (χ3n) is 0.995. The molecule has 1 aliphatic rings. The third kappa shape index (κ3) is 4.63. The molecule has 9 heavy (non-hydrogen) atoms. The van der Waals surface area contributed by atoms with Crippen LogP contribution in [0, 0.1) is 6.92 Å². The van der Waals surface area contributed by atoms with Crippen molar-refractivity contribution in [3.05, 3.63) is 6.92 Å². The van der Waals surface area contributed by atoms with E-state index >= 15 is 0 Å². The number of ether oxygens (including phenoxy) is 2. The Kier molecular flexibility index (Phi) is 5.04. The minimum absolute atomic E-state index is 0. The van der Waals surface area contributed by atoms with Crippen LogP contribution < -0.4 is 0 Å². The molecule has 0 spiro atoms. The Morgan fingerprint density at radius 3 is 2.78 bits per heavy atom. The van der Waals surface area contributed by atoms with E-state index in [9.17, 15) is 0 Å². The predicted octanol–water partition coefficient (Wildman–Crippen LogP) is -0.826. The van der Waals surface area contributed by atoms with Crippen LogP contribution in [0.25, 0.3) is 0 Å². The molecular weight excluding hydrogens is 132 g/mol. The molecule has 0 aromatic rings. The average Bonchev–Trinajstić information content (AvgIpc) is 2.51. The van der Waals surface area contributed by atoms with E-state index in [0.717, 1.165) is 26.2 Å². The molecule has 1 heterocycles. The summed E-state index contributed by atoms with van der Waals surface area (Å²) >= 11 is 0. The Morgan fingerprint density at radius 2 is 2.33 bits per heavy atom. The van der Waals surface area contributed by atoms with Crippen molar-refractivity contribution in [2.24, 2.45) is 0 Å². The van der Waals surface area contributed by atoms with Crippen molar-refractivity contribution in [1.82, 2.24) is 0 Å². The van der Waals surface area contributed by atoms with E-state index in [0.29, 0.717) is 6.10 Å². The maximum absolute atomic E-state index is 5.12. The Labute approximate surface area is 60.6 Å². The standard InChI is InChI=1S/C6H11O2.H4Si/c1-2-3-7-4-6-5-8-6;/h6H,1-5H2;1H4. The van der Waals surface area contributed by atoms with Gasteiger partial charge in [0.05, 0.1) is 13.2 Å². The summed E-state index contributed by atoms with van der Waals surface area (Å²) in [7, 11) is 0. The Balaban J connectivity index is 0.000000640. The molecule has 0 saturated carbocycles. The minimum atomic E-state index is 0. The molecule has 0 N–H and O–H groups in total. The summed E-state index contributed by atoms with van der Waals surface area (Å²) in [5, 5.41) is 0. The lowest BCUT2D eigenvalue weighted by molar-refractivity contribution is 0.120. The van der Waals surface area contributed by atoms with Gasteiger partial charge in [0.1, 0.15) is 6.10 Å². The molecule has 0 amide bonds. The highest BCUT2D eigenvalue weighted by molar-refractivity contribution is 5.75. The smallest absolute Gasteiger partial charge is 0.104 e. The van der Waals surface area contributed by atoms with E-state index in [2.05, 4.69) is 6.92 Å². The molecule has 1 unspecified atom stereocenters. The van der Waals surface area contributed by atoms with Gasteiger partial charge < -0.3 is 9.47 Å². The van der Waals surface area contributed by atoms with Gasteiger partial charge in [-0.1, -0.05) is 6.92 Å². The van der Waals surface area contributed by atoms with E-state index in [-0.39, 0.29) is 11.0 Å². The molecule has 1 atom stereocenters. The van der Waals surface area contributed by atoms with E-state index in [1.807, 2.05) is 0 Å². The van der Waals surface area contributed by atoms with Crippen molar-refractivity contribution in [2.45, 2.75) is 12.5 Å². The van der Waals surface area contributed by atoms with Crippen molar-refractivity contribution >= 4 is 11.0 Å². The lowest BCUT2D eigenvalue weighted by Gasteiger charge is -1.95. The zero-order chi connectivity index (χ0) is 5.82. The first-order valence-corrected chi connectivity index (χ1v) is 2.92. The SMILES string of the molecule is [CH2]CCOCC1CO1.[SiH4]. The lowest BCUT2D eigenvalue weighted by atomic mass is 10.5. The highest BCUT2D eigenvalue weighted by Gasteiger charge is 2.21. The number of hydrogen-bond acceptors (Lipinski definition) is 2. The molecule has 1 saturated heterocycles. The monoisotopic (exact) mass is 147 g/mol. The topological polar surface area (TPSA) is 21.8 Å². The summed E-state index contributed by atoms with van der Waals surface area (Å²) in [6.45, 7) is 6.05. The molecule has 3 heteroatoms. The number of hydrogen-bond donors (Lipinski definition) is 0. The summed E-state index contributed by atoms with van der Waals surface area (Å²) < 4.78 is 10.0. The predicted molar refractivity (Wildman–Crippen MR) is 41.9 cm³/mol. The summed E-state index contributed by atoms with van der Waals surface area (Å²) in [6.07, 6.45) is 1.26. The Bertz CT molecular complexity index is 64.1. The minimum Gasteiger partial charge on any atom is -0.379 e. The van der Waals surface area contributed by atoms with E-state index in [4.69, 9.17) is 9.47 Å². The molecule has 0 aliphatic carbocycles. The van der Waals surface area contributed by atoms with Crippen LogP contribution in [0.2, 0.25) is 0 Å². The van der Waals surface area contributed by atoms with Gasteiger partial charge in [0.15, 0.2) is 0 Å². The molecular formula is C6H15O2Si. The molecule has 1 radical (unpaired) electrons. The quantitative estimate of drug-likeness (QED) is 0.294. The van der Waals surface area contributed by atoms with Gasteiger partial charge >= 0.3 is 0 Å². The first kappa shape index (κ1) is 9.14. The molecule has 1 fully saturated rings. The van der Waals surface area contributed by atoms with E-state index in [1.54, 1.807) is 0 Å². The van der Waals surface area contributed by atoms with Gasteiger partial charge in [-0.25, -0.2) is 0 Å². The second-order valence-corrected chi connectivity index (χ2v) is 1.88. The third-order valence-corrected chi connectivity index (χ3v) is 0.995. The molecule has 0 aromatic carbocycles. The maximum atomic E-state index is 5.12. The van der Waals surface area contributed by atoms with Crippen LogP contribution in [-0.4, -0.2) is 36.9 Å².